The second-order valence-corrected chi connectivity index (χ2v) is 6.17. The molecule has 0 bridgehead atoms. The van der Waals surface area contributed by atoms with Crippen LogP contribution in [0.25, 0.3) is 0 Å². The standard InChI is InChI=1S/C15H25ClN2/c1-6-10-18(5)14-9-7-8-13(16)12(14)11-17-15(2,3)4/h7-9,17H,6,10-11H2,1-5H3. The first kappa shape index (κ1) is 15.3. The Kier molecular flexibility index (Phi) is 5.48. The second kappa shape index (κ2) is 6.44. The van der Waals surface area contributed by atoms with Gasteiger partial charge >= 0.3 is 0 Å². The van der Waals surface area contributed by atoms with Crippen molar-refractivity contribution in [3.8, 4) is 0 Å². The fourth-order valence-electron chi connectivity index (χ4n) is 1.89. The largest absolute Gasteiger partial charge is 0.374 e. The van der Waals surface area contributed by atoms with Crippen molar-refractivity contribution in [3.63, 3.8) is 0 Å². The van der Waals surface area contributed by atoms with Crippen molar-refractivity contribution >= 4 is 17.3 Å². The van der Waals surface area contributed by atoms with E-state index in [1.165, 1.54) is 11.3 Å². The Balaban J connectivity index is 2.93. The van der Waals surface area contributed by atoms with Crippen LogP contribution in [0.15, 0.2) is 18.2 Å². The molecule has 0 radical (unpaired) electrons. The first-order valence-electron chi connectivity index (χ1n) is 6.58. The van der Waals surface area contributed by atoms with Gasteiger partial charge in [-0.2, -0.15) is 0 Å². The first-order chi connectivity index (χ1) is 8.35. The van der Waals surface area contributed by atoms with Crippen molar-refractivity contribution in [1.82, 2.24) is 5.32 Å². The lowest BCUT2D eigenvalue weighted by Crippen LogP contribution is -2.35. The number of hydrogen-bond acceptors (Lipinski definition) is 2. The van der Waals surface area contributed by atoms with Crippen molar-refractivity contribution in [1.29, 1.82) is 0 Å². The average Bonchev–Trinajstić information content (AvgIpc) is 2.26. The summed E-state index contributed by atoms with van der Waals surface area (Å²) >= 11 is 6.34. The molecule has 0 amide bonds. The van der Waals surface area contributed by atoms with E-state index in [1.807, 2.05) is 12.1 Å². The molecule has 0 saturated heterocycles. The molecule has 0 aliphatic carbocycles. The van der Waals surface area contributed by atoms with Crippen LogP contribution in [-0.2, 0) is 6.54 Å². The number of hydrogen-bond donors (Lipinski definition) is 1. The summed E-state index contributed by atoms with van der Waals surface area (Å²) in [6.45, 7) is 10.5. The quantitative estimate of drug-likeness (QED) is 0.866. The van der Waals surface area contributed by atoms with Gasteiger partial charge in [0.05, 0.1) is 0 Å². The Morgan fingerprint density at radius 2 is 1.94 bits per heavy atom. The van der Waals surface area contributed by atoms with Gasteiger partial charge in [-0.3, -0.25) is 0 Å². The maximum absolute atomic E-state index is 6.34. The lowest BCUT2D eigenvalue weighted by Gasteiger charge is -2.26. The Bertz CT molecular complexity index is 383. The molecule has 18 heavy (non-hydrogen) atoms. The van der Waals surface area contributed by atoms with Gasteiger partial charge < -0.3 is 10.2 Å². The van der Waals surface area contributed by atoms with E-state index >= 15 is 0 Å². The maximum atomic E-state index is 6.34. The molecule has 0 atom stereocenters. The smallest absolute Gasteiger partial charge is 0.0471 e. The Morgan fingerprint density at radius 1 is 1.28 bits per heavy atom. The topological polar surface area (TPSA) is 15.3 Å². The molecule has 0 saturated carbocycles. The lowest BCUT2D eigenvalue weighted by atomic mass is 10.1. The number of benzene rings is 1. The summed E-state index contributed by atoms with van der Waals surface area (Å²) in [5.41, 5.74) is 2.51. The third-order valence-electron chi connectivity index (χ3n) is 2.86. The monoisotopic (exact) mass is 268 g/mol. The minimum Gasteiger partial charge on any atom is -0.374 e. The van der Waals surface area contributed by atoms with Gasteiger partial charge in [0.2, 0.25) is 0 Å². The van der Waals surface area contributed by atoms with Gasteiger partial charge in [-0.25, -0.2) is 0 Å². The van der Waals surface area contributed by atoms with Gasteiger partial charge in [0.1, 0.15) is 0 Å². The van der Waals surface area contributed by atoms with E-state index in [-0.39, 0.29) is 5.54 Å². The number of halogens is 1. The molecule has 0 aliphatic heterocycles. The zero-order chi connectivity index (χ0) is 13.8. The van der Waals surface area contributed by atoms with Crippen LogP contribution in [0.2, 0.25) is 5.02 Å². The van der Waals surface area contributed by atoms with Gasteiger partial charge in [-0.15, -0.1) is 0 Å². The summed E-state index contributed by atoms with van der Waals surface area (Å²) in [4.78, 5) is 2.27. The molecule has 0 aliphatic rings. The third kappa shape index (κ3) is 4.51. The molecule has 1 aromatic rings. The van der Waals surface area contributed by atoms with Crippen LogP contribution in [0.5, 0.6) is 0 Å². The van der Waals surface area contributed by atoms with Crippen LogP contribution in [0.4, 0.5) is 5.69 Å². The summed E-state index contributed by atoms with van der Waals surface area (Å²) in [6, 6.07) is 6.12. The summed E-state index contributed by atoms with van der Waals surface area (Å²) in [5, 5.41) is 4.35. The van der Waals surface area contributed by atoms with Crippen LogP contribution in [-0.4, -0.2) is 19.1 Å². The molecular weight excluding hydrogens is 244 g/mol. The fourth-order valence-corrected chi connectivity index (χ4v) is 2.13. The number of nitrogens with zero attached hydrogens (tertiary/aromatic N) is 1. The molecule has 3 heteroatoms. The SMILES string of the molecule is CCCN(C)c1cccc(Cl)c1CNC(C)(C)C. The van der Waals surface area contributed by atoms with E-state index in [0.717, 1.165) is 24.5 Å². The van der Waals surface area contributed by atoms with E-state index < -0.39 is 0 Å². The predicted octanol–water partition coefficient (Wildman–Crippen LogP) is 4.07. The van der Waals surface area contributed by atoms with Crippen molar-refractivity contribution in [3.05, 3.63) is 28.8 Å². The Labute approximate surface area is 116 Å². The average molecular weight is 269 g/mol. The van der Waals surface area contributed by atoms with E-state index in [1.54, 1.807) is 0 Å². The maximum Gasteiger partial charge on any atom is 0.0471 e. The molecule has 0 spiro atoms. The van der Waals surface area contributed by atoms with Gasteiger partial charge in [-0.1, -0.05) is 24.6 Å². The minimum atomic E-state index is 0.0970. The molecule has 0 unspecified atom stereocenters. The third-order valence-corrected chi connectivity index (χ3v) is 3.21. The number of rotatable bonds is 5. The van der Waals surface area contributed by atoms with Gasteiger partial charge in [-0.05, 0) is 39.3 Å². The van der Waals surface area contributed by atoms with Crippen LogP contribution in [0.3, 0.4) is 0 Å². The van der Waals surface area contributed by atoms with Crippen molar-refractivity contribution in [2.45, 2.75) is 46.2 Å². The summed E-state index contributed by atoms with van der Waals surface area (Å²) in [5.74, 6) is 0. The summed E-state index contributed by atoms with van der Waals surface area (Å²) in [6.07, 6.45) is 1.13. The van der Waals surface area contributed by atoms with E-state index in [0.29, 0.717) is 0 Å². The van der Waals surface area contributed by atoms with Crippen LogP contribution >= 0.6 is 11.6 Å². The normalized spacial score (nSPS) is 11.7. The number of anilines is 1. The second-order valence-electron chi connectivity index (χ2n) is 5.76. The molecule has 0 heterocycles. The molecule has 1 rings (SSSR count). The van der Waals surface area contributed by atoms with Crippen LogP contribution < -0.4 is 10.2 Å². The Morgan fingerprint density at radius 3 is 2.50 bits per heavy atom. The van der Waals surface area contributed by atoms with Crippen molar-refractivity contribution in [2.75, 3.05) is 18.5 Å². The van der Waals surface area contributed by atoms with Crippen molar-refractivity contribution < 1.29 is 0 Å². The lowest BCUT2D eigenvalue weighted by molar-refractivity contribution is 0.424. The molecular formula is C15H25ClN2. The fraction of sp³-hybridized carbons (Fsp3) is 0.600. The zero-order valence-corrected chi connectivity index (χ0v) is 12.9. The highest BCUT2D eigenvalue weighted by Crippen LogP contribution is 2.27. The Hall–Kier alpha value is -0.730. The summed E-state index contributed by atoms with van der Waals surface area (Å²) in [7, 11) is 2.12. The minimum absolute atomic E-state index is 0.0970. The van der Waals surface area contributed by atoms with Gasteiger partial charge in [0.25, 0.3) is 0 Å². The predicted molar refractivity (Wildman–Crippen MR) is 81.6 cm³/mol. The van der Waals surface area contributed by atoms with Gasteiger partial charge in [0.15, 0.2) is 0 Å². The highest BCUT2D eigenvalue weighted by atomic mass is 35.5. The molecule has 0 aromatic heterocycles. The summed E-state index contributed by atoms with van der Waals surface area (Å²) < 4.78 is 0. The van der Waals surface area contributed by atoms with Crippen LogP contribution in [0, 0.1) is 0 Å². The molecule has 102 valence electrons. The van der Waals surface area contributed by atoms with E-state index in [9.17, 15) is 0 Å². The first-order valence-corrected chi connectivity index (χ1v) is 6.96. The van der Waals surface area contributed by atoms with Crippen molar-refractivity contribution in [2.24, 2.45) is 0 Å². The number of nitrogens with one attached hydrogen (secondary N) is 1. The highest BCUT2D eigenvalue weighted by Gasteiger charge is 2.14. The zero-order valence-electron chi connectivity index (χ0n) is 12.2. The van der Waals surface area contributed by atoms with Crippen LogP contribution in [0.1, 0.15) is 39.7 Å². The molecule has 1 aromatic carbocycles. The molecule has 1 N–H and O–H groups in total. The van der Waals surface area contributed by atoms with Gasteiger partial charge in [0, 0.05) is 41.9 Å². The molecule has 0 fully saturated rings. The van der Waals surface area contributed by atoms with E-state index in [2.05, 4.69) is 51.0 Å². The highest BCUT2D eigenvalue weighted by molar-refractivity contribution is 6.31. The molecule has 2 nitrogen and oxygen atoms in total. The van der Waals surface area contributed by atoms with E-state index in [4.69, 9.17) is 11.6 Å².